The predicted molar refractivity (Wildman–Crippen MR) is 95.1 cm³/mol. The van der Waals surface area contributed by atoms with Crippen molar-refractivity contribution in [2.24, 2.45) is 0 Å². The number of methoxy groups -OCH3 is 1. The molecule has 0 aliphatic carbocycles. The highest BCUT2D eigenvalue weighted by Crippen LogP contribution is 2.21. The molecule has 0 saturated heterocycles. The molecule has 0 spiro atoms. The Morgan fingerprint density at radius 2 is 1.52 bits per heavy atom. The molecule has 1 N–H and O–H groups in total. The number of aryl methyl sites for hydroxylation is 4. The third-order valence-corrected chi connectivity index (χ3v) is 3.93. The van der Waals surface area contributed by atoms with Crippen molar-refractivity contribution in [1.29, 1.82) is 0 Å². The first kappa shape index (κ1) is 16.8. The van der Waals surface area contributed by atoms with Crippen LogP contribution in [0.25, 0.3) is 10.9 Å². The van der Waals surface area contributed by atoms with Crippen molar-refractivity contribution in [3.8, 4) is 0 Å². The normalized spacial score (nSPS) is 10.8. The van der Waals surface area contributed by atoms with Gasteiger partial charge in [-0.15, -0.1) is 0 Å². The third-order valence-electron chi connectivity index (χ3n) is 3.93. The maximum atomic E-state index is 11.8. The lowest BCUT2D eigenvalue weighted by atomic mass is 10.1. The molecule has 0 saturated carbocycles. The molecule has 7 nitrogen and oxygen atoms in total. The van der Waals surface area contributed by atoms with E-state index in [0.717, 1.165) is 22.2 Å². The summed E-state index contributed by atoms with van der Waals surface area (Å²) in [5.74, 6) is 0.309. The largest absolute Gasteiger partial charge is 0.465 e. The van der Waals surface area contributed by atoms with Gasteiger partial charge in [-0.05, 0) is 39.3 Å². The second kappa shape index (κ2) is 6.43. The van der Waals surface area contributed by atoms with Crippen LogP contribution in [0, 0.1) is 27.7 Å². The number of nitrogens with zero attached hydrogens (tertiary/aromatic N) is 4. The van der Waals surface area contributed by atoms with Gasteiger partial charge in [0.1, 0.15) is 5.56 Å². The van der Waals surface area contributed by atoms with Crippen LogP contribution < -0.4 is 5.32 Å². The second-order valence-electron chi connectivity index (χ2n) is 5.86. The van der Waals surface area contributed by atoms with Crippen LogP contribution in [-0.2, 0) is 4.74 Å². The Kier molecular flexibility index (Phi) is 4.31. The summed E-state index contributed by atoms with van der Waals surface area (Å²) in [6.07, 6.45) is 0. The highest BCUT2D eigenvalue weighted by molar-refractivity contribution is 5.91. The molecule has 0 aliphatic rings. The van der Waals surface area contributed by atoms with Crippen molar-refractivity contribution >= 4 is 28.8 Å². The Hall–Kier alpha value is -3.09. The van der Waals surface area contributed by atoms with Gasteiger partial charge in [-0.2, -0.15) is 0 Å². The number of fused-ring (bicyclic) bond motifs is 1. The van der Waals surface area contributed by atoms with Gasteiger partial charge in [0.25, 0.3) is 0 Å². The first-order valence-corrected chi connectivity index (χ1v) is 7.84. The monoisotopic (exact) mass is 337 g/mol. The number of hydrogen-bond acceptors (Lipinski definition) is 7. The molecule has 0 aliphatic heterocycles. The number of carbonyl (C=O) groups excluding carboxylic acids is 1. The molecule has 0 unspecified atom stereocenters. The van der Waals surface area contributed by atoms with E-state index in [9.17, 15) is 4.79 Å². The fraction of sp³-hybridized carbons (Fsp3) is 0.278. The highest BCUT2D eigenvalue weighted by atomic mass is 16.5. The number of anilines is 2. The van der Waals surface area contributed by atoms with Gasteiger partial charge in [-0.3, -0.25) is 5.32 Å². The zero-order chi connectivity index (χ0) is 18.1. The molecule has 0 bridgehead atoms. The van der Waals surface area contributed by atoms with E-state index < -0.39 is 5.97 Å². The second-order valence-corrected chi connectivity index (χ2v) is 5.86. The van der Waals surface area contributed by atoms with Crippen LogP contribution >= 0.6 is 0 Å². The van der Waals surface area contributed by atoms with Crippen LogP contribution in [0.1, 0.15) is 33.0 Å². The SMILES string of the molecule is COC(=O)c1c(C)nc(Nc2nc(C)c3ccc(C)cc3n2)nc1C. The lowest BCUT2D eigenvalue weighted by Crippen LogP contribution is -2.12. The molecule has 3 rings (SSSR count). The number of aromatic nitrogens is 4. The quantitative estimate of drug-likeness (QED) is 0.734. The molecule has 25 heavy (non-hydrogen) atoms. The summed E-state index contributed by atoms with van der Waals surface area (Å²) in [7, 11) is 1.33. The van der Waals surface area contributed by atoms with Crippen LogP contribution in [0.15, 0.2) is 18.2 Å². The van der Waals surface area contributed by atoms with E-state index in [1.165, 1.54) is 7.11 Å². The predicted octanol–water partition coefficient (Wildman–Crippen LogP) is 3.18. The summed E-state index contributed by atoms with van der Waals surface area (Å²) >= 11 is 0. The van der Waals surface area contributed by atoms with Gasteiger partial charge in [0.2, 0.25) is 11.9 Å². The van der Waals surface area contributed by atoms with Gasteiger partial charge in [-0.1, -0.05) is 12.1 Å². The zero-order valence-electron chi connectivity index (χ0n) is 14.8. The minimum absolute atomic E-state index is 0.342. The molecule has 2 aromatic heterocycles. The van der Waals surface area contributed by atoms with Gasteiger partial charge >= 0.3 is 5.97 Å². The molecule has 7 heteroatoms. The summed E-state index contributed by atoms with van der Waals surface area (Å²) in [5, 5.41) is 4.03. The number of nitrogens with one attached hydrogen (secondary N) is 1. The Balaban J connectivity index is 2.00. The van der Waals surface area contributed by atoms with Crippen LogP contribution in [-0.4, -0.2) is 33.0 Å². The van der Waals surface area contributed by atoms with E-state index in [1.807, 2.05) is 32.0 Å². The Bertz CT molecular complexity index is 962. The molecule has 128 valence electrons. The van der Waals surface area contributed by atoms with E-state index in [0.29, 0.717) is 28.8 Å². The molecular formula is C18H19N5O2. The fourth-order valence-electron chi connectivity index (χ4n) is 2.72. The van der Waals surface area contributed by atoms with Crippen molar-refractivity contribution in [2.45, 2.75) is 27.7 Å². The molecule has 2 heterocycles. The van der Waals surface area contributed by atoms with Crippen molar-refractivity contribution in [2.75, 3.05) is 12.4 Å². The van der Waals surface area contributed by atoms with Crippen molar-refractivity contribution < 1.29 is 9.53 Å². The van der Waals surface area contributed by atoms with Gasteiger partial charge in [0, 0.05) is 5.39 Å². The Morgan fingerprint density at radius 3 is 2.16 bits per heavy atom. The van der Waals surface area contributed by atoms with Gasteiger partial charge in [0.15, 0.2) is 0 Å². The maximum absolute atomic E-state index is 11.8. The molecular weight excluding hydrogens is 318 g/mol. The molecule has 0 radical (unpaired) electrons. The average molecular weight is 337 g/mol. The third kappa shape index (κ3) is 3.26. The number of carbonyl (C=O) groups is 1. The number of rotatable bonds is 3. The van der Waals surface area contributed by atoms with Crippen LogP contribution in [0.4, 0.5) is 11.9 Å². The standard InChI is InChI=1S/C18H19N5O2/c1-9-6-7-13-10(2)19-18(22-14(13)8-9)23-17-20-11(3)15(12(4)21-17)16(24)25-5/h6-8H,1-5H3,(H,19,20,21,22,23). The van der Waals surface area contributed by atoms with E-state index >= 15 is 0 Å². The van der Waals surface area contributed by atoms with Crippen LogP contribution in [0.5, 0.6) is 0 Å². The topological polar surface area (TPSA) is 89.9 Å². The van der Waals surface area contributed by atoms with Crippen LogP contribution in [0.2, 0.25) is 0 Å². The van der Waals surface area contributed by atoms with Gasteiger partial charge in [0.05, 0.1) is 29.7 Å². The first-order valence-electron chi connectivity index (χ1n) is 7.84. The fourth-order valence-corrected chi connectivity index (χ4v) is 2.72. The molecule has 1 aromatic carbocycles. The number of ether oxygens (including phenoxy) is 1. The average Bonchev–Trinajstić information content (AvgIpc) is 2.53. The van der Waals surface area contributed by atoms with Crippen LogP contribution in [0.3, 0.4) is 0 Å². The minimum atomic E-state index is -0.449. The molecule has 3 aromatic rings. The summed E-state index contributed by atoms with van der Waals surface area (Å²) in [6, 6.07) is 6.06. The lowest BCUT2D eigenvalue weighted by molar-refractivity contribution is 0.0598. The first-order chi connectivity index (χ1) is 11.9. The lowest BCUT2D eigenvalue weighted by Gasteiger charge is -2.11. The van der Waals surface area contributed by atoms with E-state index in [2.05, 4.69) is 25.3 Å². The maximum Gasteiger partial charge on any atom is 0.341 e. The van der Waals surface area contributed by atoms with E-state index in [4.69, 9.17) is 4.74 Å². The summed E-state index contributed by atoms with van der Waals surface area (Å²) in [5.41, 5.74) is 4.30. The molecule has 0 amide bonds. The Morgan fingerprint density at radius 1 is 0.920 bits per heavy atom. The summed E-state index contributed by atoms with van der Waals surface area (Å²) in [6.45, 7) is 7.43. The number of hydrogen-bond donors (Lipinski definition) is 1. The minimum Gasteiger partial charge on any atom is -0.465 e. The van der Waals surface area contributed by atoms with Crippen molar-refractivity contribution in [3.05, 3.63) is 46.4 Å². The highest BCUT2D eigenvalue weighted by Gasteiger charge is 2.17. The molecule has 0 atom stereocenters. The van der Waals surface area contributed by atoms with E-state index in [-0.39, 0.29) is 0 Å². The number of benzene rings is 1. The zero-order valence-corrected chi connectivity index (χ0v) is 14.8. The molecule has 0 fully saturated rings. The Labute approximate surface area is 145 Å². The van der Waals surface area contributed by atoms with E-state index in [1.54, 1.807) is 13.8 Å². The number of esters is 1. The van der Waals surface area contributed by atoms with Crippen molar-refractivity contribution in [3.63, 3.8) is 0 Å². The van der Waals surface area contributed by atoms with Crippen molar-refractivity contribution in [1.82, 2.24) is 19.9 Å². The summed E-state index contributed by atoms with van der Waals surface area (Å²) in [4.78, 5) is 29.4. The van der Waals surface area contributed by atoms with Gasteiger partial charge in [-0.25, -0.2) is 24.7 Å². The smallest absolute Gasteiger partial charge is 0.341 e. The summed E-state index contributed by atoms with van der Waals surface area (Å²) < 4.78 is 4.77. The van der Waals surface area contributed by atoms with Gasteiger partial charge < -0.3 is 4.74 Å².